The zero-order valence-electron chi connectivity index (χ0n) is 11.9. The molecule has 0 aliphatic heterocycles. The molecule has 1 atom stereocenters. The monoisotopic (exact) mass is 309 g/mol. The zero-order chi connectivity index (χ0) is 14.4. The Hall–Kier alpha value is -1.03. The molecule has 2 nitrogen and oxygen atoms in total. The maximum atomic E-state index is 6.31. The van der Waals surface area contributed by atoms with E-state index in [-0.39, 0.29) is 6.04 Å². The molecule has 0 amide bonds. The van der Waals surface area contributed by atoms with E-state index in [4.69, 9.17) is 16.3 Å². The van der Waals surface area contributed by atoms with Gasteiger partial charge in [-0.3, -0.25) is 0 Å². The summed E-state index contributed by atoms with van der Waals surface area (Å²) in [4.78, 5) is 1.14. The molecule has 108 valence electrons. The van der Waals surface area contributed by atoms with Gasteiger partial charge in [0.1, 0.15) is 5.75 Å². The number of hydrogen-bond donors (Lipinski definition) is 1. The van der Waals surface area contributed by atoms with Crippen LogP contribution >= 0.6 is 22.9 Å². The van der Waals surface area contributed by atoms with E-state index in [1.165, 1.54) is 0 Å². The minimum Gasteiger partial charge on any atom is -0.493 e. The maximum absolute atomic E-state index is 6.31. The van der Waals surface area contributed by atoms with Crippen LogP contribution in [0.2, 0.25) is 5.02 Å². The van der Waals surface area contributed by atoms with Crippen LogP contribution in [0.1, 0.15) is 36.8 Å². The number of hydrogen-bond acceptors (Lipinski definition) is 3. The summed E-state index contributed by atoms with van der Waals surface area (Å²) in [6.07, 6.45) is 1.000. The van der Waals surface area contributed by atoms with Gasteiger partial charge in [0.25, 0.3) is 0 Å². The van der Waals surface area contributed by atoms with Gasteiger partial charge in [0.15, 0.2) is 0 Å². The molecular weight excluding hydrogens is 290 g/mol. The fraction of sp³-hybridized carbons (Fsp3) is 0.375. The molecule has 1 N–H and O–H groups in total. The molecule has 4 heteroatoms. The fourth-order valence-corrected chi connectivity index (χ4v) is 3.38. The molecule has 2 aromatic rings. The second-order valence-corrected chi connectivity index (χ2v) is 5.86. The Morgan fingerprint density at radius 2 is 2.05 bits per heavy atom. The van der Waals surface area contributed by atoms with E-state index < -0.39 is 0 Å². The number of thiophene rings is 1. The van der Waals surface area contributed by atoms with Crippen LogP contribution in [-0.2, 0) is 0 Å². The second kappa shape index (κ2) is 7.67. The Labute approximate surface area is 129 Å². The summed E-state index contributed by atoms with van der Waals surface area (Å²) in [5, 5.41) is 6.34. The molecule has 0 aliphatic rings. The third kappa shape index (κ3) is 3.54. The lowest BCUT2D eigenvalue weighted by atomic mass is 10.0. The quantitative estimate of drug-likeness (QED) is 0.786. The summed E-state index contributed by atoms with van der Waals surface area (Å²) < 4.78 is 5.87. The average molecular weight is 310 g/mol. The van der Waals surface area contributed by atoms with Crippen molar-refractivity contribution in [2.24, 2.45) is 0 Å². The van der Waals surface area contributed by atoms with Gasteiger partial charge in [-0.2, -0.15) is 0 Å². The van der Waals surface area contributed by atoms with Crippen molar-refractivity contribution < 1.29 is 4.74 Å². The first kappa shape index (κ1) is 15.4. The standard InChI is InChI=1S/C16H20ClNOS/c1-3-10-19-14-8-6-5-7-12(14)15(18-4-2)16-13(17)9-11-20-16/h5-9,11,15,18H,3-4,10H2,1-2H3. The SMILES string of the molecule is CCCOc1ccccc1C(NCC)c1sccc1Cl. The Morgan fingerprint density at radius 3 is 2.70 bits per heavy atom. The lowest BCUT2D eigenvalue weighted by Gasteiger charge is -2.21. The van der Waals surface area contributed by atoms with Crippen molar-refractivity contribution in [3.05, 3.63) is 51.2 Å². The molecule has 1 aromatic heterocycles. The van der Waals surface area contributed by atoms with E-state index in [9.17, 15) is 0 Å². The van der Waals surface area contributed by atoms with Crippen molar-refractivity contribution in [1.82, 2.24) is 5.32 Å². The van der Waals surface area contributed by atoms with Crippen LogP contribution in [-0.4, -0.2) is 13.2 Å². The zero-order valence-corrected chi connectivity index (χ0v) is 13.4. The summed E-state index contributed by atoms with van der Waals surface area (Å²) >= 11 is 7.98. The Kier molecular flexibility index (Phi) is 5.89. The lowest BCUT2D eigenvalue weighted by Crippen LogP contribution is -2.22. The molecule has 0 saturated heterocycles. The van der Waals surface area contributed by atoms with E-state index in [1.807, 2.05) is 29.6 Å². The second-order valence-electron chi connectivity index (χ2n) is 4.51. The van der Waals surface area contributed by atoms with Gasteiger partial charge in [0.05, 0.1) is 17.7 Å². The normalized spacial score (nSPS) is 12.3. The molecule has 0 fully saturated rings. The van der Waals surface area contributed by atoms with Gasteiger partial charge < -0.3 is 10.1 Å². The van der Waals surface area contributed by atoms with Crippen LogP contribution in [0.5, 0.6) is 5.75 Å². The Morgan fingerprint density at radius 1 is 1.25 bits per heavy atom. The van der Waals surface area contributed by atoms with Crippen LogP contribution in [0.4, 0.5) is 0 Å². The third-order valence-electron chi connectivity index (χ3n) is 3.01. The maximum Gasteiger partial charge on any atom is 0.124 e. The lowest BCUT2D eigenvalue weighted by molar-refractivity contribution is 0.312. The number of ether oxygens (including phenoxy) is 1. The van der Waals surface area contributed by atoms with E-state index in [0.29, 0.717) is 0 Å². The Bertz CT molecular complexity index is 541. The number of para-hydroxylation sites is 1. The molecule has 0 bridgehead atoms. The van der Waals surface area contributed by atoms with Crippen LogP contribution in [0.3, 0.4) is 0 Å². The van der Waals surface area contributed by atoms with Gasteiger partial charge in [-0.05, 0) is 30.5 Å². The van der Waals surface area contributed by atoms with Gasteiger partial charge in [-0.25, -0.2) is 0 Å². The highest BCUT2D eigenvalue weighted by molar-refractivity contribution is 7.10. The Balaban J connectivity index is 2.36. The van der Waals surface area contributed by atoms with Crippen LogP contribution in [0.15, 0.2) is 35.7 Å². The molecule has 1 aromatic carbocycles. The highest BCUT2D eigenvalue weighted by Gasteiger charge is 2.20. The summed E-state index contributed by atoms with van der Waals surface area (Å²) in [5.74, 6) is 0.935. The number of nitrogens with one attached hydrogen (secondary N) is 1. The molecular formula is C16H20ClNOS. The molecule has 1 heterocycles. The minimum absolute atomic E-state index is 0.0838. The molecule has 0 radical (unpaired) electrons. The smallest absolute Gasteiger partial charge is 0.124 e. The van der Waals surface area contributed by atoms with E-state index in [1.54, 1.807) is 11.3 Å². The average Bonchev–Trinajstić information content (AvgIpc) is 2.89. The summed E-state index contributed by atoms with van der Waals surface area (Å²) in [6, 6.07) is 10.2. The van der Waals surface area contributed by atoms with Crippen molar-refractivity contribution in [3.63, 3.8) is 0 Å². The number of benzene rings is 1. The first-order valence-corrected chi connectivity index (χ1v) is 8.21. The van der Waals surface area contributed by atoms with Crippen molar-refractivity contribution in [3.8, 4) is 5.75 Å². The van der Waals surface area contributed by atoms with Crippen molar-refractivity contribution >= 4 is 22.9 Å². The van der Waals surface area contributed by atoms with Crippen LogP contribution in [0, 0.1) is 0 Å². The van der Waals surface area contributed by atoms with Gasteiger partial charge in [0.2, 0.25) is 0 Å². The molecule has 0 aliphatic carbocycles. The first-order chi connectivity index (χ1) is 9.77. The van der Waals surface area contributed by atoms with Gasteiger partial charge in [-0.15, -0.1) is 11.3 Å². The molecule has 2 rings (SSSR count). The van der Waals surface area contributed by atoms with E-state index in [0.717, 1.165) is 40.8 Å². The minimum atomic E-state index is 0.0838. The topological polar surface area (TPSA) is 21.3 Å². The predicted octanol–water partition coefficient (Wildman–Crippen LogP) is 4.89. The highest BCUT2D eigenvalue weighted by Crippen LogP contribution is 2.36. The molecule has 20 heavy (non-hydrogen) atoms. The molecule has 1 unspecified atom stereocenters. The number of rotatable bonds is 7. The van der Waals surface area contributed by atoms with Gasteiger partial charge in [-0.1, -0.05) is 43.6 Å². The third-order valence-corrected chi connectivity index (χ3v) is 4.43. The van der Waals surface area contributed by atoms with Crippen LogP contribution < -0.4 is 10.1 Å². The van der Waals surface area contributed by atoms with Crippen LogP contribution in [0.25, 0.3) is 0 Å². The van der Waals surface area contributed by atoms with Gasteiger partial charge >= 0.3 is 0 Å². The largest absolute Gasteiger partial charge is 0.493 e. The van der Waals surface area contributed by atoms with Crippen molar-refractivity contribution in [2.75, 3.05) is 13.2 Å². The highest BCUT2D eigenvalue weighted by atomic mass is 35.5. The summed E-state index contributed by atoms with van der Waals surface area (Å²) in [7, 11) is 0. The van der Waals surface area contributed by atoms with Gasteiger partial charge in [0, 0.05) is 10.4 Å². The van der Waals surface area contributed by atoms with E-state index >= 15 is 0 Å². The number of halogens is 1. The van der Waals surface area contributed by atoms with Crippen molar-refractivity contribution in [2.45, 2.75) is 26.3 Å². The molecule has 0 saturated carbocycles. The first-order valence-electron chi connectivity index (χ1n) is 6.95. The summed E-state index contributed by atoms with van der Waals surface area (Å²) in [5.41, 5.74) is 1.15. The summed E-state index contributed by atoms with van der Waals surface area (Å²) in [6.45, 7) is 5.82. The predicted molar refractivity (Wildman–Crippen MR) is 87.1 cm³/mol. The molecule has 0 spiro atoms. The van der Waals surface area contributed by atoms with Crippen molar-refractivity contribution in [1.29, 1.82) is 0 Å². The fourth-order valence-electron chi connectivity index (χ4n) is 2.12. The van der Waals surface area contributed by atoms with E-state index in [2.05, 4.69) is 25.2 Å².